The molecule has 1 aromatic carbocycles. The number of hydrogen-bond donors (Lipinski definition) is 2. The summed E-state index contributed by atoms with van der Waals surface area (Å²) in [4.78, 5) is 19.6. The minimum atomic E-state index is -0.145. The van der Waals surface area contributed by atoms with Gasteiger partial charge in [-0.15, -0.1) is 11.3 Å². The van der Waals surface area contributed by atoms with Crippen LogP contribution in [0, 0.1) is 0 Å². The second kappa shape index (κ2) is 6.52. The number of nitrogens with one attached hydrogen (secondary N) is 2. The van der Waals surface area contributed by atoms with E-state index in [9.17, 15) is 4.79 Å². The molecule has 0 saturated heterocycles. The SMILES string of the molecule is CC(NC(=O)c1cc2scnc2[nH]1)c1cnn(Cc2ccccc2)c1. The zero-order valence-corrected chi connectivity index (χ0v) is 14.5. The molecule has 0 aliphatic rings. The first-order chi connectivity index (χ1) is 12.2. The third-order valence-corrected chi connectivity index (χ3v) is 4.83. The quantitative estimate of drug-likeness (QED) is 0.579. The van der Waals surface area contributed by atoms with Crippen molar-refractivity contribution in [3.8, 4) is 0 Å². The second-order valence-corrected chi connectivity index (χ2v) is 6.79. The Kier molecular flexibility index (Phi) is 4.07. The minimum absolute atomic E-state index is 0.133. The van der Waals surface area contributed by atoms with Crippen molar-refractivity contribution in [2.75, 3.05) is 0 Å². The van der Waals surface area contributed by atoms with Crippen molar-refractivity contribution in [2.45, 2.75) is 19.5 Å². The third kappa shape index (κ3) is 3.32. The summed E-state index contributed by atoms with van der Waals surface area (Å²) in [6, 6.07) is 11.8. The molecule has 0 saturated carbocycles. The molecule has 3 aromatic heterocycles. The van der Waals surface area contributed by atoms with Gasteiger partial charge in [-0.1, -0.05) is 30.3 Å². The molecule has 126 valence electrons. The Labute approximate surface area is 148 Å². The first-order valence-corrected chi connectivity index (χ1v) is 8.86. The maximum absolute atomic E-state index is 12.4. The average Bonchev–Trinajstić information content (AvgIpc) is 3.31. The number of hydrogen-bond acceptors (Lipinski definition) is 4. The largest absolute Gasteiger partial charge is 0.344 e. The molecule has 0 fully saturated rings. The highest BCUT2D eigenvalue weighted by Crippen LogP contribution is 2.19. The van der Waals surface area contributed by atoms with Gasteiger partial charge >= 0.3 is 0 Å². The molecular formula is C18H17N5OS. The molecule has 0 aliphatic heterocycles. The van der Waals surface area contributed by atoms with Crippen LogP contribution < -0.4 is 5.32 Å². The Morgan fingerprint density at radius 1 is 1.36 bits per heavy atom. The van der Waals surface area contributed by atoms with E-state index in [2.05, 4.69) is 32.5 Å². The molecule has 0 aliphatic carbocycles. The van der Waals surface area contributed by atoms with Gasteiger partial charge in [-0.05, 0) is 18.6 Å². The summed E-state index contributed by atoms with van der Waals surface area (Å²) < 4.78 is 2.86. The number of amides is 1. The molecule has 25 heavy (non-hydrogen) atoms. The highest BCUT2D eigenvalue weighted by molar-refractivity contribution is 7.16. The fraction of sp³-hybridized carbons (Fsp3) is 0.167. The number of H-pyrrole nitrogens is 1. The molecule has 0 radical (unpaired) electrons. The summed E-state index contributed by atoms with van der Waals surface area (Å²) in [7, 11) is 0. The summed E-state index contributed by atoms with van der Waals surface area (Å²) in [6.45, 7) is 2.66. The van der Waals surface area contributed by atoms with E-state index >= 15 is 0 Å². The Hall–Kier alpha value is -2.93. The Bertz CT molecular complexity index is 972. The smallest absolute Gasteiger partial charge is 0.268 e. The van der Waals surface area contributed by atoms with E-state index in [1.165, 1.54) is 16.9 Å². The van der Waals surface area contributed by atoms with Crippen molar-refractivity contribution in [3.05, 3.63) is 71.1 Å². The van der Waals surface area contributed by atoms with Gasteiger partial charge in [0, 0.05) is 11.8 Å². The van der Waals surface area contributed by atoms with Gasteiger partial charge in [-0.2, -0.15) is 5.10 Å². The van der Waals surface area contributed by atoms with Crippen LogP contribution in [-0.4, -0.2) is 25.7 Å². The van der Waals surface area contributed by atoms with Crippen molar-refractivity contribution in [1.29, 1.82) is 0 Å². The summed E-state index contributed by atoms with van der Waals surface area (Å²) in [5.41, 5.74) is 5.19. The maximum atomic E-state index is 12.4. The Balaban J connectivity index is 1.43. The highest BCUT2D eigenvalue weighted by atomic mass is 32.1. The van der Waals surface area contributed by atoms with Gasteiger partial charge in [0.2, 0.25) is 0 Å². The number of rotatable bonds is 5. The lowest BCUT2D eigenvalue weighted by Crippen LogP contribution is -2.26. The lowest BCUT2D eigenvalue weighted by Gasteiger charge is -2.11. The number of benzene rings is 1. The van der Waals surface area contributed by atoms with Crippen LogP contribution in [0.2, 0.25) is 0 Å². The van der Waals surface area contributed by atoms with Crippen LogP contribution in [0.4, 0.5) is 0 Å². The Morgan fingerprint density at radius 2 is 2.20 bits per heavy atom. The molecule has 1 atom stereocenters. The van der Waals surface area contributed by atoms with Gasteiger partial charge in [-0.3, -0.25) is 9.48 Å². The van der Waals surface area contributed by atoms with Crippen LogP contribution in [0.3, 0.4) is 0 Å². The van der Waals surface area contributed by atoms with Crippen molar-refractivity contribution in [2.24, 2.45) is 0 Å². The number of nitrogens with zero attached hydrogens (tertiary/aromatic N) is 3. The lowest BCUT2D eigenvalue weighted by atomic mass is 10.2. The molecule has 0 spiro atoms. The van der Waals surface area contributed by atoms with Gasteiger partial charge in [0.15, 0.2) is 0 Å². The monoisotopic (exact) mass is 351 g/mol. The fourth-order valence-corrected chi connectivity index (χ4v) is 3.36. The predicted molar refractivity (Wildman–Crippen MR) is 97.6 cm³/mol. The van der Waals surface area contributed by atoms with Crippen molar-refractivity contribution >= 4 is 27.6 Å². The fourth-order valence-electron chi connectivity index (χ4n) is 2.69. The first-order valence-electron chi connectivity index (χ1n) is 7.98. The standard InChI is InChI=1S/C18H17N5OS/c1-12(21-18(24)15-7-16-17(22-15)19-11-25-16)14-8-20-23(10-14)9-13-5-3-2-4-6-13/h2-8,10-12,22H,9H2,1H3,(H,21,24). The van der Waals surface area contributed by atoms with E-state index in [4.69, 9.17) is 0 Å². The van der Waals surface area contributed by atoms with Crippen LogP contribution in [0.25, 0.3) is 10.3 Å². The molecular weight excluding hydrogens is 334 g/mol. The van der Waals surface area contributed by atoms with E-state index < -0.39 is 0 Å². The summed E-state index contributed by atoms with van der Waals surface area (Å²) >= 11 is 1.51. The van der Waals surface area contributed by atoms with Crippen LogP contribution in [0.5, 0.6) is 0 Å². The number of thiazole rings is 1. The van der Waals surface area contributed by atoms with Gasteiger partial charge in [0.1, 0.15) is 11.3 Å². The minimum Gasteiger partial charge on any atom is -0.344 e. The predicted octanol–water partition coefficient (Wildman–Crippen LogP) is 3.36. The third-order valence-electron chi connectivity index (χ3n) is 4.06. The van der Waals surface area contributed by atoms with Crippen molar-refractivity contribution in [1.82, 2.24) is 25.1 Å². The molecule has 6 nitrogen and oxygen atoms in total. The topological polar surface area (TPSA) is 75.6 Å². The zero-order chi connectivity index (χ0) is 17.2. The summed E-state index contributed by atoms with van der Waals surface area (Å²) in [6.07, 6.45) is 3.76. The lowest BCUT2D eigenvalue weighted by molar-refractivity contribution is 0.0935. The molecule has 7 heteroatoms. The van der Waals surface area contributed by atoms with Gasteiger partial charge in [0.25, 0.3) is 5.91 Å². The van der Waals surface area contributed by atoms with Crippen molar-refractivity contribution < 1.29 is 4.79 Å². The molecule has 1 unspecified atom stereocenters. The van der Waals surface area contributed by atoms with E-state index in [1.54, 1.807) is 11.7 Å². The number of aromatic amines is 1. The van der Waals surface area contributed by atoms with Crippen LogP contribution in [-0.2, 0) is 6.54 Å². The number of aromatic nitrogens is 4. The highest BCUT2D eigenvalue weighted by Gasteiger charge is 2.15. The zero-order valence-electron chi connectivity index (χ0n) is 13.6. The van der Waals surface area contributed by atoms with E-state index in [0.29, 0.717) is 12.2 Å². The first kappa shape index (κ1) is 15.6. The molecule has 3 heterocycles. The second-order valence-electron chi connectivity index (χ2n) is 5.90. The summed E-state index contributed by atoms with van der Waals surface area (Å²) in [5, 5.41) is 7.38. The number of carbonyl (C=O) groups excluding carboxylic acids is 1. The molecule has 2 N–H and O–H groups in total. The van der Waals surface area contributed by atoms with Crippen molar-refractivity contribution in [3.63, 3.8) is 0 Å². The molecule has 1 amide bonds. The molecule has 4 aromatic rings. The van der Waals surface area contributed by atoms with E-state index in [-0.39, 0.29) is 11.9 Å². The normalized spacial score (nSPS) is 12.4. The van der Waals surface area contributed by atoms with Gasteiger partial charge in [0.05, 0.1) is 29.0 Å². The summed E-state index contributed by atoms with van der Waals surface area (Å²) in [5.74, 6) is -0.145. The number of carbonyl (C=O) groups is 1. The van der Waals surface area contributed by atoms with Gasteiger partial charge in [-0.25, -0.2) is 4.98 Å². The maximum Gasteiger partial charge on any atom is 0.268 e. The van der Waals surface area contributed by atoms with E-state index in [1.807, 2.05) is 42.1 Å². The number of fused-ring (bicyclic) bond motifs is 1. The van der Waals surface area contributed by atoms with Crippen LogP contribution >= 0.6 is 11.3 Å². The van der Waals surface area contributed by atoms with Crippen LogP contribution in [0.15, 0.2) is 54.3 Å². The average molecular weight is 351 g/mol. The Morgan fingerprint density at radius 3 is 3.00 bits per heavy atom. The van der Waals surface area contributed by atoms with E-state index in [0.717, 1.165) is 15.9 Å². The van der Waals surface area contributed by atoms with Gasteiger partial charge < -0.3 is 10.3 Å². The van der Waals surface area contributed by atoms with Crippen LogP contribution in [0.1, 0.15) is 34.6 Å². The molecule has 0 bridgehead atoms. The molecule has 4 rings (SSSR count).